The van der Waals surface area contributed by atoms with Crippen LogP contribution in [0.2, 0.25) is 0 Å². The lowest BCUT2D eigenvalue weighted by atomic mass is 10.0. The Morgan fingerprint density at radius 2 is 2.12 bits per heavy atom. The van der Waals surface area contributed by atoms with Crippen LogP contribution in [-0.2, 0) is 10.3 Å². The fraction of sp³-hybridized carbons (Fsp3) is 0.526. The maximum atomic E-state index is 11.6. The van der Waals surface area contributed by atoms with Crippen molar-refractivity contribution < 1.29 is 14.6 Å². The van der Waals surface area contributed by atoms with Crippen LogP contribution in [0.15, 0.2) is 24.3 Å². The van der Waals surface area contributed by atoms with Crippen LogP contribution in [0.1, 0.15) is 44.7 Å². The summed E-state index contributed by atoms with van der Waals surface area (Å²) in [6.45, 7) is 5.92. The van der Waals surface area contributed by atoms with Gasteiger partial charge in [0.05, 0.1) is 6.10 Å². The molecule has 0 aromatic heterocycles. The van der Waals surface area contributed by atoms with Crippen LogP contribution in [0.25, 0.3) is 0 Å². The molecule has 1 saturated carbocycles. The molecule has 0 aliphatic heterocycles. The van der Waals surface area contributed by atoms with Crippen molar-refractivity contribution in [1.29, 1.82) is 0 Å². The second-order valence-corrected chi connectivity index (χ2v) is 7.22. The Kier molecular flexibility index (Phi) is 5.53. The summed E-state index contributed by atoms with van der Waals surface area (Å²) >= 11 is 0. The first-order valence-electron chi connectivity index (χ1n) is 8.21. The molecule has 1 atom stereocenters. The minimum atomic E-state index is -0.689. The number of hydrogen-bond donors (Lipinski definition) is 3. The molecule has 1 aliphatic rings. The van der Waals surface area contributed by atoms with E-state index in [4.69, 9.17) is 11.2 Å². The molecule has 1 amide bonds. The van der Waals surface area contributed by atoms with Crippen LogP contribution in [-0.4, -0.2) is 36.0 Å². The van der Waals surface area contributed by atoms with Crippen molar-refractivity contribution in [3.05, 3.63) is 35.4 Å². The van der Waals surface area contributed by atoms with Gasteiger partial charge in [-0.3, -0.25) is 0 Å². The van der Waals surface area contributed by atoms with Crippen molar-refractivity contribution >= 4 is 6.09 Å². The number of aliphatic hydroxyl groups is 1. The van der Waals surface area contributed by atoms with Crippen molar-refractivity contribution in [3.8, 4) is 12.3 Å². The summed E-state index contributed by atoms with van der Waals surface area (Å²) in [5, 5.41) is 16.0. The molecule has 0 saturated heterocycles. The minimum Gasteiger partial charge on any atom is -0.444 e. The Morgan fingerprint density at radius 3 is 2.71 bits per heavy atom. The smallest absolute Gasteiger partial charge is 0.407 e. The molecule has 130 valence electrons. The Hall–Kier alpha value is -2.03. The van der Waals surface area contributed by atoms with Gasteiger partial charge in [0.2, 0.25) is 0 Å². The molecule has 0 radical (unpaired) electrons. The van der Waals surface area contributed by atoms with E-state index in [1.165, 1.54) is 0 Å². The zero-order valence-corrected chi connectivity index (χ0v) is 14.6. The van der Waals surface area contributed by atoms with Crippen LogP contribution in [0.4, 0.5) is 4.79 Å². The number of hydrogen-bond acceptors (Lipinski definition) is 4. The second-order valence-electron chi connectivity index (χ2n) is 7.22. The van der Waals surface area contributed by atoms with Crippen LogP contribution in [0, 0.1) is 12.3 Å². The van der Waals surface area contributed by atoms with Crippen LogP contribution in [0.3, 0.4) is 0 Å². The molecule has 0 heterocycles. The van der Waals surface area contributed by atoms with E-state index in [0.29, 0.717) is 6.54 Å². The maximum Gasteiger partial charge on any atom is 0.407 e. The average molecular weight is 330 g/mol. The van der Waals surface area contributed by atoms with Gasteiger partial charge in [0.25, 0.3) is 0 Å². The van der Waals surface area contributed by atoms with Gasteiger partial charge >= 0.3 is 6.09 Å². The number of carbonyl (C=O) groups is 1. The molecule has 1 aromatic rings. The quantitative estimate of drug-likeness (QED) is 0.699. The number of nitrogens with one attached hydrogen (secondary N) is 2. The lowest BCUT2D eigenvalue weighted by Crippen LogP contribution is -2.42. The van der Waals surface area contributed by atoms with Gasteiger partial charge < -0.3 is 20.5 Å². The molecule has 0 spiro atoms. The number of aliphatic hydroxyl groups excluding tert-OH is 1. The molecule has 5 heteroatoms. The zero-order chi connectivity index (χ0) is 17.8. The zero-order valence-electron chi connectivity index (χ0n) is 14.6. The minimum absolute atomic E-state index is 0.111. The van der Waals surface area contributed by atoms with E-state index in [1.807, 2.05) is 24.3 Å². The molecule has 3 N–H and O–H groups in total. The van der Waals surface area contributed by atoms with E-state index in [1.54, 1.807) is 20.8 Å². The highest BCUT2D eigenvalue weighted by molar-refractivity contribution is 5.67. The standard InChI is InChI=1S/C19H26N2O3/c1-5-14-7-6-8-15(11-14)19(9-10-19)21-13-16(22)12-20-17(23)24-18(2,3)4/h1,6-8,11,16,21-22H,9-10,12-13H2,2-4H3,(H,20,23)/t16-/m0/s1. The second kappa shape index (κ2) is 7.25. The van der Waals surface area contributed by atoms with Crippen molar-refractivity contribution in [2.24, 2.45) is 0 Å². The van der Waals surface area contributed by atoms with Crippen LogP contribution >= 0.6 is 0 Å². The number of ether oxygens (including phenoxy) is 1. The summed E-state index contributed by atoms with van der Waals surface area (Å²) in [5.41, 5.74) is 1.34. The van der Waals surface area contributed by atoms with Gasteiger partial charge in [0.15, 0.2) is 0 Å². The highest BCUT2D eigenvalue weighted by Crippen LogP contribution is 2.45. The van der Waals surface area contributed by atoms with Gasteiger partial charge in [0, 0.05) is 24.2 Å². The molecular weight excluding hydrogens is 304 g/mol. The van der Waals surface area contributed by atoms with Crippen molar-refractivity contribution in [2.45, 2.75) is 50.9 Å². The summed E-state index contributed by atoms with van der Waals surface area (Å²) in [4.78, 5) is 11.6. The van der Waals surface area contributed by atoms with Gasteiger partial charge in [-0.25, -0.2) is 4.79 Å². The fourth-order valence-electron chi connectivity index (χ4n) is 2.50. The lowest BCUT2D eigenvalue weighted by Gasteiger charge is -2.22. The van der Waals surface area contributed by atoms with Gasteiger partial charge in [-0.1, -0.05) is 18.1 Å². The van der Waals surface area contributed by atoms with Gasteiger partial charge in [-0.2, -0.15) is 0 Å². The van der Waals surface area contributed by atoms with E-state index in [-0.39, 0.29) is 12.1 Å². The van der Waals surface area contributed by atoms with E-state index in [9.17, 15) is 9.90 Å². The Morgan fingerprint density at radius 1 is 1.42 bits per heavy atom. The highest BCUT2D eigenvalue weighted by atomic mass is 16.6. The van der Waals surface area contributed by atoms with E-state index in [2.05, 4.69) is 16.6 Å². The molecule has 0 unspecified atom stereocenters. The Balaban J connectivity index is 1.80. The van der Waals surface area contributed by atoms with Gasteiger partial charge in [-0.15, -0.1) is 6.42 Å². The molecular formula is C19H26N2O3. The molecule has 1 aliphatic carbocycles. The van der Waals surface area contributed by atoms with E-state index < -0.39 is 17.8 Å². The first kappa shape index (κ1) is 18.3. The third-order valence-electron chi connectivity index (χ3n) is 3.89. The first-order valence-corrected chi connectivity index (χ1v) is 8.21. The van der Waals surface area contributed by atoms with Crippen molar-refractivity contribution in [1.82, 2.24) is 10.6 Å². The molecule has 24 heavy (non-hydrogen) atoms. The summed E-state index contributed by atoms with van der Waals surface area (Å²) in [6.07, 6.45) is 6.26. The number of benzene rings is 1. The predicted octanol–water partition coefficient (Wildman–Crippen LogP) is 2.13. The number of rotatable bonds is 6. The number of alkyl carbamates (subject to hydrolysis) is 1. The maximum absolute atomic E-state index is 11.6. The van der Waals surface area contributed by atoms with Crippen LogP contribution < -0.4 is 10.6 Å². The molecule has 2 rings (SSSR count). The lowest BCUT2D eigenvalue weighted by molar-refractivity contribution is 0.0490. The monoisotopic (exact) mass is 330 g/mol. The number of terminal acetylenes is 1. The molecule has 1 fully saturated rings. The van der Waals surface area contributed by atoms with E-state index in [0.717, 1.165) is 24.0 Å². The summed E-state index contributed by atoms with van der Waals surface area (Å²) in [7, 11) is 0. The molecule has 5 nitrogen and oxygen atoms in total. The normalized spacial score (nSPS) is 16.8. The average Bonchev–Trinajstić information content (AvgIpc) is 3.30. The van der Waals surface area contributed by atoms with Crippen LogP contribution in [0.5, 0.6) is 0 Å². The topological polar surface area (TPSA) is 70.6 Å². The van der Waals surface area contributed by atoms with Crippen molar-refractivity contribution in [3.63, 3.8) is 0 Å². The molecule has 1 aromatic carbocycles. The fourth-order valence-corrected chi connectivity index (χ4v) is 2.50. The van der Waals surface area contributed by atoms with E-state index >= 15 is 0 Å². The Bertz CT molecular complexity index is 624. The Labute approximate surface area is 143 Å². The SMILES string of the molecule is C#Cc1cccc(C2(NC[C@@H](O)CNC(=O)OC(C)(C)C)CC2)c1. The summed E-state index contributed by atoms with van der Waals surface area (Å²) in [6, 6.07) is 7.91. The number of amides is 1. The van der Waals surface area contributed by atoms with Crippen molar-refractivity contribution in [2.75, 3.05) is 13.1 Å². The highest BCUT2D eigenvalue weighted by Gasteiger charge is 2.44. The first-order chi connectivity index (χ1) is 11.2. The third-order valence-corrected chi connectivity index (χ3v) is 3.89. The summed E-state index contributed by atoms with van der Waals surface area (Å²) in [5.74, 6) is 2.64. The largest absolute Gasteiger partial charge is 0.444 e. The van der Waals surface area contributed by atoms with Gasteiger partial charge in [0.1, 0.15) is 5.60 Å². The predicted molar refractivity (Wildman–Crippen MR) is 93.5 cm³/mol. The third kappa shape index (κ3) is 5.26. The van der Waals surface area contributed by atoms with Gasteiger partial charge in [-0.05, 0) is 51.3 Å². The number of carbonyl (C=O) groups excluding carboxylic acids is 1. The molecule has 0 bridgehead atoms. The summed E-state index contributed by atoms with van der Waals surface area (Å²) < 4.78 is 5.14.